The van der Waals surface area contributed by atoms with Gasteiger partial charge in [0.05, 0.1) is 0 Å². The van der Waals surface area contributed by atoms with Crippen molar-refractivity contribution >= 4 is 16.8 Å². The van der Waals surface area contributed by atoms with Crippen LogP contribution in [0.5, 0.6) is 11.5 Å². The molecule has 0 radical (unpaired) electrons. The first kappa shape index (κ1) is 12.4. The predicted octanol–water partition coefficient (Wildman–Crippen LogP) is 4.16. The maximum Gasteiger partial charge on any atom is 0.134 e. The third-order valence-corrected chi connectivity index (χ3v) is 3.05. The standard InChI is InChI=1S/C15H15FO2/c1-4-10-13(16)7-14(18)12-6-9(17)5-11(8(2)3)15(10)12/h4-8,17-18H,1H2,2-3H3. The lowest BCUT2D eigenvalue weighted by Gasteiger charge is -2.15. The lowest BCUT2D eigenvalue weighted by atomic mass is 9.91. The molecule has 0 spiro atoms. The Morgan fingerprint density at radius 3 is 2.44 bits per heavy atom. The van der Waals surface area contributed by atoms with Crippen LogP contribution < -0.4 is 0 Å². The van der Waals surface area contributed by atoms with E-state index in [1.165, 1.54) is 12.1 Å². The van der Waals surface area contributed by atoms with E-state index in [9.17, 15) is 14.6 Å². The van der Waals surface area contributed by atoms with E-state index < -0.39 is 5.82 Å². The normalized spacial score (nSPS) is 11.1. The molecule has 0 atom stereocenters. The number of rotatable bonds is 2. The number of hydrogen-bond donors (Lipinski definition) is 2. The molecule has 94 valence electrons. The van der Waals surface area contributed by atoms with Crippen molar-refractivity contribution in [2.75, 3.05) is 0 Å². The predicted molar refractivity (Wildman–Crippen MR) is 71.4 cm³/mol. The highest BCUT2D eigenvalue weighted by molar-refractivity contribution is 5.98. The third kappa shape index (κ3) is 1.82. The van der Waals surface area contributed by atoms with Crippen LogP contribution in [-0.2, 0) is 0 Å². The molecule has 3 heteroatoms. The summed E-state index contributed by atoms with van der Waals surface area (Å²) < 4.78 is 13.8. The number of aromatic hydroxyl groups is 2. The minimum absolute atomic E-state index is 0.0584. The Balaban J connectivity index is 3.04. The Morgan fingerprint density at radius 2 is 1.89 bits per heavy atom. The van der Waals surface area contributed by atoms with Crippen molar-refractivity contribution in [1.82, 2.24) is 0 Å². The summed E-state index contributed by atoms with van der Waals surface area (Å²) in [6.07, 6.45) is 1.43. The van der Waals surface area contributed by atoms with Gasteiger partial charge in [-0.05, 0) is 29.0 Å². The van der Waals surface area contributed by atoms with Crippen LogP contribution in [-0.4, -0.2) is 10.2 Å². The van der Waals surface area contributed by atoms with Gasteiger partial charge in [-0.3, -0.25) is 0 Å². The SMILES string of the molecule is C=Cc1c(F)cc(O)c2cc(O)cc(C(C)C)c12. The molecule has 2 aromatic carbocycles. The quantitative estimate of drug-likeness (QED) is 0.835. The summed E-state index contributed by atoms with van der Waals surface area (Å²) in [4.78, 5) is 0. The van der Waals surface area contributed by atoms with Gasteiger partial charge < -0.3 is 10.2 Å². The minimum Gasteiger partial charge on any atom is -0.508 e. The second-order valence-corrected chi connectivity index (χ2v) is 4.61. The fourth-order valence-corrected chi connectivity index (χ4v) is 2.20. The zero-order chi connectivity index (χ0) is 13.4. The Kier molecular flexibility index (Phi) is 2.99. The zero-order valence-corrected chi connectivity index (χ0v) is 10.4. The number of fused-ring (bicyclic) bond motifs is 1. The van der Waals surface area contributed by atoms with Gasteiger partial charge in [-0.2, -0.15) is 0 Å². The molecule has 0 fully saturated rings. The van der Waals surface area contributed by atoms with Crippen LogP contribution in [0.4, 0.5) is 4.39 Å². The van der Waals surface area contributed by atoms with Crippen LogP contribution in [0.2, 0.25) is 0 Å². The molecule has 0 aromatic heterocycles. The summed E-state index contributed by atoms with van der Waals surface area (Å²) in [5.74, 6) is -0.531. The zero-order valence-electron chi connectivity index (χ0n) is 10.4. The van der Waals surface area contributed by atoms with Crippen molar-refractivity contribution in [3.8, 4) is 11.5 Å². The van der Waals surface area contributed by atoms with Gasteiger partial charge in [0.1, 0.15) is 17.3 Å². The second kappa shape index (κ2) is 4.33. The summed E-state index contributed by atoms with van der Waals surface area (Å²) in [5.41, 5.74) is 1.14. The molecule has 0 amide bonds. The van der Waals surface area contributed by atoms with E-state index >= 15 is 0 Å². The molecule has 0 aliphatic rings. The summed E-state index contributed by atoms with van der Waals surface area (Å²) in [5, 5.41) is 20.6. The molecule has 0 bridgehead atoms. The van der Waals surface area contributed by atoms with Gasteiger partial charge in [0, 0.05) is 17.0 Å². The largest absolute Gasteiger partial charge is 0.508 e. The number of hydrogen-bond acceptors (Lipinski definition) is 2. The van der Waals surface area contributed by atoms with E-state index in [4.69, 9.17) is 0 Å². The topological polar surface area (TPSA) is 40.5 Å². The summed E-state index contributed by atoms with van der Waals surface area (Å²) in [6.45, 7) is 7.51. The lowest BCUT2D eigenvalue weighted by molar-refractivity contribution is 0.468. The van der Waals surface area contributed by atoms with E-state index in [0.29, 0.717) is 16.3 Å². The number of phenolic OH excluding ortho intramolecular Hbond substituents is 2. The molecule has 18 heavy (non-hydrogen) atoms. The molecule has 0 saturated carbocycles. The molecule has 0 aliphatic heterocycles. The molecule has 0 heterocycles. The lowest BCUT2D eigenvalue weighted by Crippen LogP contribution is -1.95. The van der Waals surface area contributed by atoms with Gasteiger partial charge in [0.25, 0.3) is 0 Å². The van der Waals surface area contributed by atoms with Gasteiger partial charge in [-0.15, -0.1) is 0 Å². The molecule has 0 unspecified atom stereocenters. The Labute approximate surface area is 105 Å². The maximum atomic E-state index is 13.8. The van der Waals surface area contributed by atoms with E-state index in [2.05, 4.69) is 6.58 Å². The van der Waals surface area contributed by atoms with Gasteiger partial charge in [0.15, 0.2) is 0 Å². The van der Waals surface area contributed by atoms with Crippen LogP contribution in [0.15, 0.2) is 24.8 Å². The highest BCUT2D eigenvalue weighted by Crippen LogP contribution is 2.38. The maximum absolute atomic E-state index is 13.8. The van der Waals surface area contributed by atoms with Crippen molar-refractivity contribution in [3.63, 3.8) is 0 Å². The van der Waals surface area contributed by atoms with Gasteiger partial charge in [-0.25, -0.2) is 4.39 Å². The van der Waals surface area contributed by atoms with E-state index in [1.807, 2.05) is 13.8 Å². The first-order valence-corrected chi connectivity index (χ1v) is 5.76. The molecule has 2 rings (SSSR count). The highest BCUT2D eigenvalue weighted by Gasteiger charge is 2.16. The van der Waals surface area contributed by atoms with Crippen LogP contribution in [0.25, 0.3) is 16.8 Å². The summed E-state index contributed by atoms with van der Waals surface area (Å²) in [7, 11) is 0. The van der Waals surface area contributed by atoms with Crippen LogP contribution in [0, 0.1) is 5.82 Å². The molecular formula is C15H15FO2. The number of phenols is 2. The van der Waals surface area contributed by atoms with E-state index in [1.54, 1.807) is 6.07 Å². The average Bonchev–Trinajstić information content (AvgIpc) is 2.29. The van der Waals surface area contributed by atoms with Crippen LogP contribution >= 0.6 is 0 Å². The fourth-order valence-electron chi connectivity index (χ4n) is 2.20. The van der Waals surface area contributed by atoms with Crippen LogP contribution in [0.3, 0.4) is 0 Å². The third-order valence-electron chi connectivity index (χ3n) is 3.05. The van der Waals surface area contributed by atoms with E-state index in [0.717, 1.165) is 11.6 Å². The first-order valence-electron chi connectivity index (χ1n) is 5.76. The molecule has 2 nitrogen and oxygen atoms in total. The van der Waals surface area contributed by atoms with Gasteiger partial charge >= 0.3 is 0 Å². The molecule has 2 N–H and O–H groups in total. The van der Waals surface area contributed by atoms with Crippen molar-refractivity contribution in [1.29, 1.82) is 0 Å². The Hall–Kier alpha value is -2.03. The summed E-state index contributed by atoms with van der Waals surface area (Å²) in [6, 6.07) is 4.07. The van der Waals surface area contributed by atoms with Crippen molar-refractivity contribution < 1.29 is 14.6 Å². The molecule has 0 aliphatic carbocycles. The van der Waals surface area contributed by atoms with Crippen LogP contribution in [0.1, 0.15) is 30.9 Å². The van der Waals surface area contributed by atoms with E-state index in [-0.39, 0.29) is 17.4 Å². The molecule has 2 aromatic rings. The summed E-state index contributed by atoms with van der Waals surface area (Å²) >= 11 is 0. The van der Waals surface area contributed by atoms with Crippen molar-refractivity contribution in [2.24, 2.45) is 0 Å². The van der Waals surface area contributed by atoms with Crippen molar-refractivity contribution in [3.05, 3.63) is 41.7 Å². The second-order valence-electron chi connectivity index (χ2n) is 4.61. The number of halogens is 1. The Morgan fingerprint density at radius 1 is 1.22 bits per heavy atom. The highest BCUT2D eigenvalue weighted by atomic mass is 19.1. The van der Waals surface area contributed by atoms with Gasteiger partial charge in [-0.1, -0.05) is 26.5 Å². The Bertz CT molecular complexity index is 630. The number of benzene rings is 2. The van der Waals surface area contributed by atoms with Gasteiger partial charge in [0.2, 0.25) is 0 Å². The van der Waals surface area contributed by atoms with Crippen molar-refractivity contribution in [2.45, 2.75) is 19.8 Å². The smallest absolute Gasteiger partial charge is 0.134 e. The monoisotopic (exact) mass is 246 g/mol. The fraction of sp³-hybridized carbons (Fsp3) is 0.200. The first-order chi connectivity index (χ1) is 8.45. The molecule has 0 saturated heterocycles. The molecular weight excluding hydrogens is 231 g/mol. The minimum atomic E-state index is -0.511. The average molecular weight is 246 g/mol.